The van der Waals surface area contributed by atoms with Gasteiger partial charge in [0, 0.05) is 44.2 Å². The van der Waals surface area contributed by atoms with Crippen LogP contribution in [0.25, 0.3) is 0 Å². The topological polar surface area (TPSA) is 55.6 Å². The molecule has 0 unspecified atom stereocenters. The molecule has 0 atom stereocenters. The molecule has 0 fully saturated rings. The summed E-state index contributed by atoms with van der Waals surface area (Å²) in [6.45, 7) is 4.84. The Hall–Kier alpha value is -1.91. The molecule has 2 rings (SSSR count). The van der Waals surface area contributed by atoms with Gasteiger partial charge in [-0.15, -0.1) is 0 Å². The molecule has 0 aromatic carbocycles. The van der Waals surface area contributed by atoms with Gasteiger partial charge in [0.1, 0.15) is 17.5 Å². The molecule has 2 heterocycles. The fourth-order valence-corrected chi connectivity index (χ4v) is 1.84. The van der Waals surface area contributed by atoms with E-state index in [2.05, 4.69) is 27.2 Å². The Kier molecular flexibility index (Phi) is 3.92. The van der Waals surface area contributed by atoms with Crippen LogP contribution in [-0.4, -0.2) is 26.1 Å². The zero-order valence-corrected chi connectivity index (χ0v) is 11.1. The van der Waals surface area contributed by atoms with Gasteiger partial charge in [0.2, 0.25) is 0 Å². The van der Waals surface area contributed by atoms with Gasteiger partial charge < -0.3 is 9.88 Å². The molecule has 1 N–H and O–H groups in total. The van der Waals surface area contributed by atoms with Crippen molar-refractivity contribution in [2.45, 2.75) is 26.7 Å². The summed E-state index contributed by atoms with van der Waals surface area (Å²) in [5.41, 5.74) is 1.07. The lowest BCUT2D eigenvalue weighted by Gasteiger charge is -2.07. The van der Waals surface area contributed by atoms with Crippen LogP contribution in [0.3, 0.4) is 0 Å². The van der Waals surface area contributed by atoms with Crippen LogP contribution in [-0.2, 0) is 19.9 Å². The van der Waals surface area contributed by atoms with Crippen LogP contribution in [0.4, 0.5) is 5.82 Å². The van der Waals surface area contributed by atoms with Gasteiger partial charge in [0.05, 0.1) is 0 Å². The van der Waals surface area contributed by atoms with Crippen molar-refractivity contribution in [3.05, 3.63) is 35.8 Å². The van der Waals surface area contributed by atoms with E-state index in [0.717, 1.165) is 42.5 Å². The van der Waals surface area contributed by atoms with Crippen LogP contribution in [0.1, 0.15) is 24.3 Å². The lowest BCUT2D eigenvalue weighted by Crippen LogP contribution is -2.10. The highest BCUT2D eigenvalue weighted by molar-refractivity contribution is 5.36. The molecule has 2 aromatic heterocycles. The lowest BCUT2D eigenvalue weighted by molar-refractivity contribution is 0.787. The second kappa shape index (κ2) is 5.62. The van der Waals surface area contributed by atoms with Gasteiger partial charge in [0.15, 0.2) is 0 Å². The molecule has 0 aliphatic rings. The van der Waals surface area contributed by atoms with Gasteiger partial charge in [-0.2, -0.15) is 0 Å². The van der Waals surface area contributed by atoms with E-state index >= 15 is 0 Å². The monoisotopic (exact) mass is 245 g/mol. The fourth-order valence-electron chi connectivity index (χ4n) is 1.84. The molecule has 5 heteroatoms. The van der Waals surface area contributed by atoms with Crippen molar-refractivity contribution in [2.75, 3.05) is 11.9 Å². The van der Waals surface area contributed by atoms with E-state index in [1.807, 2.05) is 37.0 Å². The van der Waals surface area contributed by atoms with Crippen molar-refractivity contribution in [1.29, 1.82) is 0 Å². The Morgan fingerprint density at radius 3 is 2.83 bits per heavy atom. The summed E-state index contributed by atoms with van der Waals surface area (Å²) in [6.07, 6.45) is 5.59. The Bertz CT molecular complexity index is 518. The third kappa shape index (κ3) is 3.06. The summed E-state index contributed by atoms with van der Waals surface area (Å²) < 4.78 is 2.03. The molecule has 2 aromatic rings. The third-order valence-electron chi connectivity index (χ3n) is 2.83. The smallest absolute Gasteiger partial charge is 0.129 e. The number of hydrogen-bond donors (Lipinski definition) is 1. The fraction of sp³-hybridized carbons (Fsp3) is 0.462. The maximum Gasteiger partial charge on any atom is 0.129 e. The Balaban J connectivity index is 1.94. The van der Waals surface area contributed by atoms with E-state index in [-0.39, 0.29) is 0 Å². The first kappa shape index (κ1) is 12.5. The first-order valence-electron chi connectivity index (χ1n) is 6.23. The molecule has 0 amide bonds. The molecule has 0 saturated heterocycles. The van der Waals surface area contributed by atoms with E-state index in [1.54, 1.807) is 0 Å². The van der Waals surface area contributed by atoms with Crippen molar-refractivity contribution in [3.63, 3.8) is 0 Å². The molecule has 0 saturated carbocycles. The van der Waals surface area contributed by atoms with Crippen molar-refractivity contribution in [3.8, 4) is 0 Å². The van der Waals surface area contributed by atoms with E-state index in [9.17, 15) is 0 Å². The van der Waals surface area contributed by atoms with E-state index < -0.39 is 0 Å². The molecule has 96 valence electrons. The third-order valence-corrected chi connectivity index (χ3v) is 2.83. The second-order valence-electron chi connectivity index (χ2n) is 4.28. The van der Waals surface area contributed by atoms with Crippen molar-refractivity contribution in [1.82, 2.24) is 19.5 Å². The summed E-state index contributed by atoms with van der Waals surface area (Å²) in [4.78, 5) is 13.0. The Morgan fingerprint density at radius 2 is 2.17 bits per heavy atom. The Labute approximate surface area is 107 Å². The molecule has 5 nitrogen and oxygen atoms in total. The summed E-state index contributed by atoms with van der Waals surface area (Å²) in [6, 6.07) is 2.01. The van der Waals surface area contributed by atoms with Gasteiger partial charge >= 0.3 is 0 Å². The van der Waals surface area contributed by atoms with Gasteiger partial charge in [-0.05, 0) is 13.3 Å². The summed E-state index contributed by atoms with van der Waals surface area (Å²) in [5, 5.41) is 3.32. The number of hydrogen-bond acceptors (Lipinski definition) is 4. The number of anilines is 1. The molecular formula is C13H19N5. The number of imidazole rings is 1. The molecule has 18 heavy (non-hydrogen) atoms. The van der Waals surface area contributed by atoms with Crippen LogP contribution >= 0.6 is 0 Å². The van der Waals surface area contributed by atoms with E-state index in [1.165, 1.54) is 0 Å². The molecule has 0 aliphatic carbocycles. The summed E-state index contributed by atoms with van der Waals surface area (Å²) in [5.74, 6) is 2.78. The van der Waals surface area contributed by atoms with Gasteiger partial charge in [-0.25, -0.2) is 15.0 Å². The maximum absolute atomic E-state index is 4.37. The minimum atomic E-state index is 0.814. The standard InChI is InChI=1S/C13H19N5/c1-4-11-9-12(17-10(2)16-11)14-6-5-13-15-7-8-18(13)3/h7-9H,4-6H2,1-3H3,(H,14,16,17). The molecule has 0 spiro atoms. The van der Waals surface area contributed by atoms with Crippen LogP contribution in [0, 0.1) is 6.92 Å². The average Bonchev–Trinajstić information content (AvgIpc) is 2.74. The SMILES string of the molecule is CCc1cc(NCCc2nccn2C)nc(C)n1. The Morgan fingerprint density at radius 1 is 1.33 bits per heavy atom. The lowest BCUT2D eigenvalue weighted by atomic mass is 10.3. The minimum absolute atomic E-state index is 0.814. The highest BCUT2D eigenvalue weighted by atomic mass is 15.1. The first-order chi connectivity index (χ1) is 8.69. The summed E-state index contributed by atoms with van der Waals surface area (Å²) in [7, 11) is 2.01. The van der Waals surface area contributed by atoms with E-state index in [0.29, 0.717) is 0 Å². The van der Waals surface area contributed by atoms with Crippen LogP contribution in [0.5, 0.6) is 0 Å². The molecule has 0 aliphatic heterocycles. The zero-order valence-electron chi connectivity index (χ0n) is 11.1. The molecule has 0 radical (unpaired) electrons. The predicted molar refractivity (Wildman–Crippen MR) is 71.5 cm³/mol. The van der Waals surface area contributed by atoms with Gasteiger partial charge in [-0.1, -0.05) is 6.92 Å². The number of nitrogens with zero attached hydrogens (tertiary/aromatic N) is 4. The van der Waals surface area contributed by atoms with Crippen LogP contribution < -0.4 is 5.32 Å². The highest BCUT2D eigenvalue weighted by Gasteiger charge is 2.02. The van der Waals surface area contributed by atoms with Gasteiger partial charge in [-0.3, -0.25) is 0 Å². The molecule has 0 bridgehead atoms. The van der Waals surface area contributed by atoms with Gasteiger partial charge in [0.25, 0.3) is 0 Å². The largest absolute Gasteiger partial charge is 0.370 e. The van der Waals surface area contributed by atoms with Crippen LogP contribution in [0.15, 0.2) is 18.5 Å². The highest BCUT2D eigenvalue weighted by Crippen LogP contribution is 2.07. The maximum atomic E-state index is 4.37. The predicted octanol–water partition coefficient (Wildman–Crippen LogP) is 1.74. The normalized spacial score (nSPS) is 10.6. The quantitative estimate of drug-likeness (QED) is 0.871. The van der Waals surface area contributed by atoms with Crippen molar-refractivity contribution in [2.24, 2.45) is 7.05 Å². The average molecular weight is 245 g/mol. The molecular weight excluding hydrogens is 226 g/mol. The van der Waals surface area contributed by atoms with Crippen molar-refractivity contribution < 1.29 is 0 Å². The minimum Gasteiger partial charge on any atom is -0.370 e. The second-order valence-corrected chi connectivity index (χ2v) is 4.28. The first-order valence-corrected chi connectivity index (χ1v) is 6.23. The van der Waals surface area contributed by atoms with E-state index in [4.69, 9.17) is 0 Å². The zero-order chi connectivity index (χ0) is 13.0. The summed E-state index contributed by atoms with van der Waals surface area (Å²) >= 11 is 0. The number of nitrogens with one attached hydrogen (secondary N) is 1. The number of rotatable bonds is 5. The number of aryl methyl sites for hydroxylation is 3. The van der Waals surface area contributed by atoms with Crippen molar-refractivity contribution >= 4 is 5.82 Å². The van der Waals surface area contributed by atoms with Crippen LogP contribution in [0.2, 0.25) is 0 Å². The number of aromatic nitrogens is 4.